The van der Waals surface area contributed by atoms with Gasteiger partial charge in [0.05, 0.1) is 0 Å². The molecule has 0 amide bonds. The van der Waals surface area contributed by atoms with Crippen molar-refractivity contribution < 1.29 is 0 Å². The summed E-state index contributed by atoms with van der Waals surface area (Å²) >= 11 is 1.85. The third-order valence-electron chi connectivity index (χ3n) is 1.15. The lowest BCUT2D eigenvalue weighted by Gasteiger charge is -2.09. The van der Waals surface area contributed by atoms with Crippen LogP contribution in [0.25, 0.3) is 0 Å². The van der Waals surface area contributed by atoms with Crippen LogP contribution >= 0.6 is 11.8 Å². The van der Waals surface area contributed by atoms with E-state index in [9.17, 15) is 0 Å². The highest BCUT2D eigenvalue weighted by Gasteiger charge is 1.93. The van der Waals surface area contributed by atoms with Crippen LogP contribution in [0.1, 0.15) is 6.92 Å². The lowest BCUT2D eigenvalue weighted by molar-refractivity contribution is 0.579. The van der Waals surface area contributed by atoms with Gasteiger partial charge in [-0.1, -0.05) is 0 Å². The number of nitrogens with one attached hydrogen (secondary N) is 1. The number of hydrogen-bond donors (Lipinski definition) is 2. The van der Waals surface area contributed by atoms with Crippen LogP contribution in [0.2, 0.25) is 0 Å². The number of rotatable bonds is 5. The van der Waals surface area contributed by atoms with Crippen LogP contribution in [0.5, 0.6) is 0 Å². The molecule has 0 saturated carbocycles. The van der Waals surface area contributed by atoms with E-state index in [4.69, 9.17) is 5.73 Å². The average molecular weight is 148 g/mol. The zero-order valence-corrected chi connectivity index (χ0v) is 7.00. The predicted molar refractivity (Wildman–Crippen MR) is 44.9 cm³/mol. The first kappa shape index (κ1) is 9.27. The first-order valence-electron chi connectivity index (χ1n) is 3.23. The molecule has 0 aliphatic heterocycles. The molecule has 0 aliphatic carbocycles. The van der Waals surface area contributed by atoms with E-state index in [-0.39, 0.29) is 0 Å². The van der Waals surface area contributed by atoms with Gasteiger partial charge in [-0.3, -0.25) is 0 Å². The Morgan fingerprint density at radius 2 is 2.33 bits per heavy atom. The van der Waals surface area contributed by atoms with Crippen molar-refractivity contribution in [2.24, 2.45) is 5.73 Å². The fourth-order valence-corrected chi connectivity index (χ4v) is 0.813. The highest BCUT2D eigenvalue weighted by molar-refractivity contribution is 7.98. The summed E-state index contributed by atoms with van der Waals surface area (Å²) < 4.78 is 0. The van der Waals surface area contributed by atoms with Crippen molar-refractivity contribution in [2.45, 2.75) is 13.0 Å². The van der Waals surface area contributed by atoms with Gasteiger partial charge < -0.3 is 11.1 Å². The maximum atomic E-state index is 5.38. The Morgan fingerprint density at radius 1 is 1.67 bits per heavy atom. The normalized spacial score (nSPS) is 13.7. The molecule has 0 unspecified atom stereocenters. The van der Waals surface area contributed by atoms with E-state index in [1.807, 2.05) is 11.8 Å². The van der Waals surface area contributed by atoms with E-state index in [2.05, 4.69) is 18.5 Å². The SMILES string of the molecule is CSCCN[C@@H](C)CN. The van der Waals surface area contributed by atoms with Crippen molar-refractivity contribution in [3.05, 3.63) is 0 Å². The Labute approximate surface area is 61.6 Å². The van der Waals surface area contributed by atoms with Gasteiger partial charge in [0.1, 0.15) is 0 Å². The predicted octanol–water partition coefficient (Wildman–Crippen LogP) is 0.286. The molecule has 0 spiro atoms. The summed E-state index contributed by atoms with van der Waals surface area (Å²) in [5.74, 6) is 1.17. The van der Waals surface area contributed by atoms with Gasteiger partial charge in [-0.25, -0.2) is 0 Å². The summed E-state index contributed by atoms with van der Waals surface area (Å²) in [6.45, 7) is 3.90. The lowest BCUT2D eigenvalue weighted by Crippen LogP contribution is -2.34. The minimum atomic E-state index is 0.470. The van der Waals surface area contributed by atoms with Gasteiger partial charge >= 0.3 is 0 Å². The quantitative estimate of drug-likeness (QED) is 0.550. The first-order valence-corrected chi connectivity index (χ1v) is 4.63. The van der Waals surface area contributed by atoms with Crippen LogP contribution in [0, 0.1) is 0 Å². The van der Waals surface area contributed by atoms with Crippen molar-refractivity contribution in [3.8, 4) is 0 Å². The molecule has 9 heavy (non-hydrogen) atoms. The Bertz CT molecular complexity index is 59.0. The Morgan fingerprint density at radius 3 is 2.78 bits per heavy atom. The van der Waals surface area contributed by atoms with Crippen molar-refractivity contribution in [2.75, 3.05) is 25.1 Å². The fraction of sp³-hybridized carbons (Fsp3) is 1.00. The standard InChI is InChI=1S/C6H16N2S/c1-6(5-7)8-3-4-9-2/h6,8H,3-5,7H2,1-2H3/t6-/m0/s1. The minimum absolute atomic E-state index is 0.470. The summed E-state index contributed by atoms with van der Waals surface area (Å²) in [7, 11) is 0. The van der Waals surface area contributed by atoms with Crippen LogP contribution in [0.3, 0.4) is 0 Å². The summed E-state index contributed by atoms with van der Waals surface area (Å²) in [6, 6.07) is 0.470. The Kier molecular flexibility index (Phi) is 6.58. The van der Waals surface area contributed by atoms with Crippen LogP contribution < -0.4 is 11.1 Å². The number of hydrogen-bond acceptors (Lipinski definition) is 3. The van der Waals surface area contributed by atoms with E-state index in [0.717, 1.165) is 13.1 Å². The molecule has 0 aromatic rings. The van der Waals surface area contributed by atoms with Gasteiger partial charge in [-0.05, 0) is 13.2 Å². The number of thioether (sulfide) groups is 1. The molecule has 56 valence electrons. The third-order valence-corrected chi connectivity index (χ3v) is 1.76. The largest absolute Gasteiger partial charge is 0.329 e. The minimum Gasteiger partial charge on any atom is -0.329 e. The zero-order chi connectivity index (χ0) is 7.11. The van der Waals surface area contributed by atoms with Crippen molar-refractivity contribution >= 4 is 11.8 Å². The molecule has 0 bridgehead atoms. The van der Waals surface area contributed by atoms with E-state index >= 15 is 0 Å². The van der Waals surface area contributed by atoms with Crippen LogP contribution in [-0.4, -0.2) is 31.1 Å². The molecule has 0 rings (SSSR count). The summed E-state index contributed by atoms with van der Waals surface area (Å²) in [5, 5.41) is 3.29. The Hall–Kier alpha value is 0.270. The van der Waals surface area contributed by atoms with Crippen LogP contribution in [0.15, 0.2) is 0 Å². The van der Waals surface area contributed by atoms with Crippen LogP contribution in [0.4, 0.5) is 0 Å². The van der Waals surface area contributed by atoms with E-state index in [1.54, 1.807) is 0 Å². The van der Waals surface area contributed by atoms with Gasteiger partial charge in [-0.15, -0.1) is 0 Å². The second-order valence-corrected chi connectivity index (χ2v) is 3.07. The molecule has 3 N–H and O–H groups in total. The number of nitrogens with two attached hydrogens (primary N) is 1. The molecule has 0 fully saturated rings. The topological polar surface area (TPSA) is 38.0 Å². The third kappa shape index (κ3) is 6.15. The van der Waals surface area contributed by atoms with Crippen molar-refractivity contribution in [3.63, 3.8) is 0 Å². The monoisotopic (exact) mass is 148 g/mol. The second-order valence-electron chi connectivity index (χ2n) is 2.08. The van der Waals surface area contributed by atoms with Gasteiger partial charge in [0.15, 0.2) is 0 Å². The second kappa shape index (κ2) is 6.39. The molecular formula is C6H16N2S. The summed E-state index contributed by atoms with van der Waals surface area (Å²) in [6.07, 6.45) is 2.11. The smallest absolute Gasteiger partial charge is 0.0162 e. The van der Waals surface area contributed by atoms with Gasteiger partial charge in [-0.2, -0.15) is 11.8 Å². The average Bonchev–Trinajstić information content (AvgIpc) is 1.89. The Balaban J connectivity index is 2.88. The lowest BCUT2D eigenvalue weighted by atomic mass is 10.3. The molecule has 0 saturated heterocycles. The molecule has 0 aromatic heterocycles. The summed E-state index contributed by atoms with van der Waals surface area (Å²) in [4.78, 5) is 0. The molecule has 1 atom stereocenters. The molecule has 0 aliphatic rings. The molecule has 0 radical (unpaired) electrons. The molecule has 2 nitrogen and oxygen atoms in total. The summed E-state index contributed by atoms with van der Waals surface area (Å²) in [5.41, 5.74) is 5.38. The molecule has 0 aromatic carbocycles. The first-order chi connectivity index (χ1) is 4.31. The zero-order valence-electron chi connectivity index (χ0n) is 6.18. The molecule has 0 heterocycles. The van der Waals surface area contributed by atoms with Crippen molar-refractivity contribution in [1.29, 1.82) is 0 Å². The van der Waals surface area contributed by atoms with Gasteiger partial charge in [0, 0.05) is 24.9 Å². The maximum absolute atomic E-state index is 5.38. The molecule has 3 heteroatoms. The maximum Gasteiger partial charge on any atom is 0.0162 e. The van der Waals surface area contributed by atoms with Crippen molar-refractivity contribution in [1.82, 2.24) is 5.32 Å². The van der Waals surface area contributed by atoms with E-state index in [1.165, 1.54) is 5.75 Å². The fourth-order valence-electron chi connectivity index (χ4n) is 0.491. The highest BCUT2D eigenvalue weighted by Crippen LogP contribution is 1.87. The van der Waals surface area contributed by atoms with E-state index in [0.29, 0.717) is 6.04 Å². The van der Waals surface area contributed by atoms with E-state index < -0.39 is 0 Å². The molecular weight excluding hydrogens is 132 g/mol. The van der Waals surface area contributed by atoms with Crippen LogP contribution in [-0.2, 0) is 0 Å². The highest BCUT2D eigenvalue weighted by atomic mass is 32.2. The van der Waals surface area contributed by atoms with Gasteiger partial charge in [0.2, 0.25) is 0 Å². The van der Waals surface area contributed by atoms with Gasteiger partial charge in [0.25, 0.3) is 0 Å².